The van der Waals surface area contributed by atoms with Gasteiger partial charge in [-0.15, -0.1) is 0 Å². The fraction of sp³-hybridized carbons (Fsp3) is 0. The summed E-state index contributed by atoms with van der Waals surface area (Å²) < 4.78 is 19.2. The summed E-state index contributed by atoms with van der Waals surface area (Å²) in [6, 6.07) is 11.7. The molecule has 2 aromatic carbocycles. The molecule has 0 spiro atoms. The zero-order chi connectivity index (χ0) is 13.2. The van der Waals surface area contributed by atoms with Crippen molar-refractivity contribution in [2.45, 2.75) is 0 Å². The molecule has 2 N–H and O–H groups in total. The van der Waals surface area contributed by atoms with Crippen LogP contribution in [-0.4, -0.2) is 9.97 Å². The summed E-state index contributed by atoms with van der Waals surface area (Å²) >= 11 is 0. The Morgan fingerprint density at radius 3 is 2.68 bits per heavy atom. The lowest BCUT2D eigenvalue weighted by molar-refractivity contribution is 0.434. The molecule has 0 radical (unpaired) electrons. The normalized spacial score (nSPS) is 10.6. The van der Waals surface area contributed by atoms with Gasteiger partial charge in [-0.25, -0.2) is 14.4 Å². The van der Waals surface area contributed by atoms with Crippen LogP contribution >= 0.6 is 0 Å². The molecule has 0 aliphatic carbocycles. The summed E-state index contributed by atoms with van der Waals surface area (Å²) in [6.07, 6.45) is 1.37. The van der Waals surface area contributed by atoms with Gasteiger partial charge >= 0.3 is 0 Å². The van der Waals surface area contributed by atoms with Crippen LogP contribution in [0.5, 0.6) is 11.6 Å². The average molecular weight is 255 g/mol. The predicted molar refractivity (Wildman–Crippen MR) is 70.4 cm³/mol. The van der Waals surface area contributed by atoms with Gasteiger partial charge in [0.1, 0.15) is 6.33 Å². The van der Waals surface area contributed by atoms with E-state index in [1.54, 1.807) is 6.07 Å². The molecule has 0 aliphatic rings. The second kappa shape index (κ2) is 4.53. The molecular weight excluding hydrogens is 245 g/mol. The van der Waals surface area contributed by atoms with E-state index in [0.29, 0.717) is 5.39 Å². The van der Waals surface area contributed by atoms with Gasteiger partial charge in [0.05, 0.1) is 16.6 Å². The Bertz CT molecular complexity index is 720. The molecule has 4 nitrogen and oxygen atoms in total. The van der Waals surface area contributed by atoms with Crippen molar-refractivity contribution in [2.75, 3.05) is 5.73 Å². The van der Waals surface area contributed by atoms with E-state index < -0.39 is 5.82 Å². The van der Waals surface area contributed by atoms with E-state index in [1.807, 2.05) is 24.3 Å². The van der Waals surface area contributed by atoms with Crippen molar-refractivity contribution < 1.29 is 9.13 Å². The SMILES string of the molecule is Nc1cccc(F)c1Oc1ncnc2ccccc12. The minimum atomic E-state index is -0.525. The Hall–Kier alpha value is -2.69. The maximum Gasteiger partial charge on any atom is 0.230 e. The Balaban J connectivity index is 2.11. The molecule has 3 aromatic rings. The largest absolute Gasteiger partial charge is 0.433 e. The maximum atomic E-state index is 13.7. The monoisotopic (exact) mass is 255 g/mol. The zero-order valence-corrected chi connectivity index (χ0v) is 9.88. The van der Waals surface area contributed by atoms with Gasteiger partial charge < -0.3 is 10.5 Å². The molecule has 19 heavy (non-hydrogen) atoms. The molecule has 0 saturated carbocycles. The highest BCUT2D eigenvalue weighted by molar-refractivity contribution is 5.83. The first-order valence-electron chi connectivity index (χ1n) is 5.67. The third-order valence-corrected chi connectivity index (χ3v) is 2.70. The summed E-state index contributed by atoms with van der Waals surface area (Å²) in [6.45, 7) is 0. The summed E-state index contributed by atoms with van der Waals surface area (Å²) in [4.78, 5) is 8.14. The Morgan fingerprint density at radius 2 is 1.84 bits per heavy atom. The van der Waals surface area contributed by atoms with Gasteiger partial charge in [-0.3, -0.25) is 0 Å². The van der Waals surface area contributed by atoms with Gasteiger partial charge in [0, 0.05) is 0 Å². The van der Waals surface area contributed by atoms with Crippen LogP contribution in [0, 0.1) is 5.82 Å². The van der Waals surface area contributed by atoms with Crippen LogP contribution in [0.3, 0.4) is 0 Å². The van der Waals surface area contributed by atoms with Crippen LogP contribution in [-0.2, 0) is 0 Å². The van der Waals surface area contributed by atoms with Crippen LogP contribution in [0.4, 0.5) is 10.1 Å². The minimum absolute atomic E-state index is 0.0219. The molecule has 3 rings (SSSR count). The fourth-order valence-corrected chi connectivity index (χ4v) is 1.79. The number of aromatic nitrogens is 2. The summed E-state index contributed by atoms with van der Waals surface area (Å²) in [5, 5.41) is 0.702. The van der Waals surface area contributed by atoms with E-state index in [1.165, 1.54) is 18.5 Å². The highest BCUT2D eigenvalue weighted by atomic mass is 19.1. The number of nitrogens with two attached hydrogens (primary N) is 1. The summed E-state index contributed by atoms with van der Waals surface area (Å²) in [5.74, 6) is -0.267. The first-order valence-corrected chi connectivity index (χ1v) is 5.67. The molecular formula is C14H10FN3O. The van der Waals surface area contributed by atoms with E-state index in [9.17, 15) is 4.39 Å². The Kier molecular flexibility index (Phi) is 2.72. The highest BCUT2D eigenvalue weighted by Crippen LogP contribution is 2.32. The minimum Gasteiger partial charge on any atom is -0.433 e. The number of anilines is 1. The Labute approximate surface area is 108 Å². The smallest absolute Gasteiger partial charge is 0.230 e. The van der Waals surface area contributed by atoms with Gasteiger partial charge in [0.25, 0.3) is 0 Å². The van der Waals surface area contributed by atoms with Gasteiger partial charge in [0.15, 0.2) is 11.6 Å². The summed E-state index contributed by atoms with van der Waals surface area (Å²) in [5.41, 5.74) is 6.65. The average Bonchev–Trinajstić information content (AvgIpc) is 2.43. The molecule has 1 heterocycles. The van der Waals surface area contributed by atoms with Crippen molar-refractivity contribution in [1.82, 2.24) is 9.97 Å². The number of hydrogen-bond donors (Lipinski definition) is 1. The molecule has 0 saturated heterocycles. The Morgan fingerprint density at radius 1 is 1.00 bits per heavy atom. The third kappa shape index (κ3) is 2.06. The topological polar surface area (TPSA) is 61.0 Å². The van der Waals surface area contributed by atoms with E-state index >= 15 is 0 Å². The second-order valence-corrected chi connectivity index (χ2v) is 3.96. The molecule has 0 fully saturated rings. The van der Waals surface area contributed by atoms with Crippen LogP contribution in [0.25, 0.3) is 10.9 Å². The van der Waals surface area contributed by atoms with E-state index in [-0.39, 0.29) is 17.3 Å². The van der Waals surface area contributed by atoms with Gasteiger partial charge in [-0.2, -0.15) is 0 Å². The molecule has 1 aromatic heterocycles. The number of benzene rings is 2. The van der Waals surface area contributed by atoms with Crippen molar-refractivity contribution in [3.8, 4) is 11.6 Å². The molecule has 94 valence electrons. The van der Waals surface area contributed by atoms with Crippen molar-refractivity contribution >= 4 is 16.6 Å². The predicted octanol–water partition coefficient (Wildman–Crippen LogP) is 3.14. The molecule has 0 atom stereocenters. The lowest BCUT2D eigenvalue weighted by atomic mass is 10.2. The zero-order valence-electron chi connectivity index (χ0n) is 9.88. The van der Waals surface area contributed by atoms with Gasteiger partial charge in [-0.1, -0.05) is 18.2 Å². The number of nitrogens with zero attached hydrogens (tertiary/aromatic N) is 2. The molecule has 5 heteroatoms. The van der Waals surface area contributed by atoms with E-state index in [0.717, 1.165) is 5.52 Å². The number of ether oxygens (including phenoxy) is 1. The van der Waals surface area contributed by atoms with Gasteiger partial charge in [0.2, 0.25) is 5.88 Å². The van der Waals surface area contributed by atoms with Gasteiger partial charge in [-0.05, 0) is 24.3 Å². The van der Waals surface area contributed by atoms with E-state index in [4.69, 9.17) is 10.5 Å². The lowest BCUT2D eigenvalue weighted by Gasteiger charge is -2.09. The van der Waals surface area contributed by atoms with Crippen molar-refractivity contribution in [3.05, 3.63) is 54.6 Å². The van der Waals surface area contributed by atoms with Crippen LogP contribution < -0.4 is 10.5 Å². The number of hydrogen-bond acceptors (Lipinski definition) is 4. The highest BCUT2D eigenvalue weighted by Gasteiger charge is 2.11. The quantitative estimate of drug-likeness (QED) is 0.714. The first kappa shape index (κ1) is 11.4. The molecule has 0 aliphatic heterocycles. The number of fused-ring (bicyclic) bond motifs is 1. The van der Waals surface area contributed by atoms with E-state index in [2.05, 4.69) is 9.97 Å². The number of para-hydroxylation sites is 2. The third-order valence-electron chi connectivity index (χ3n) is 2.70. The van der Waals surface area contributed by atoms with Crippen molar-refractivity contribution in [2.24, 2.45) is 0 Å². The fourth-order valence-electron chi connectivity index (χ4n) is 1.79. The number of halogens is 1. The molecule has 0 unspecified atom stereocenters. The molecule has 0 amide bonds. The van der Waals surface area contributed by atoms with Crippen molar-refractivity contribution in [3.63, 3.8) is 0 Å². The molecule has 0 bridgehead atoms. The standard InChI is InChI=1S/C14H10FN3O/c15-10-5-3-6-11(16)13(10)19-14-9-4-1-2-7-12(9)17-8-18-14/h1-8H,16H2. The number of rotatable bonds is 2. The first-order chi connectivity index (χ1) is 9.25. The maximum absolute atomic E-state index is 13.7. The second-order valence-electron chi connectivity index (χ2n) is 3.96. The van der Waals surface area contributed by atoms with Crippen LogP contribution in [0.1, 0.15) is 0 Å². The van der Waals surface area contributed by atoms with Crippen LogP contribution in [0.15, 0.2) is 48.8 Å². The number of nitrogen functional groups attached to an aromatic ring is 1. The lowest BCUT2D eigenvalue weighted by Crippen LogP contribution is -1.97. The van der Waals surface area contributed by atoms with Crippen molar-refractivity contribution in [1.29, 1.82) is 0 Å². The summed E-state index contributed by atoms with van der Waals surface area (Å²) in [7, 11) is 0. The van der Waals surface area contributed by atoms with Crippen LogP contribution in [0.2, 0.25) is 0 Å².